The van der Waals surface area contributed by atoms with Gasteiger partial charge < -0.3 is 10.6 Å². The van der Waals surface area contributed by atoms with E-state index in [-0.39, 0.29) is 5.91 Å². The quantitative estimate of drug-likeness (QED) is 0.508. The highest BCUT2D eigenvalue weighted by Gasteiger charge is 2.10. The lowest BCUT2D eigenvalue weighted by Crippen LogP contribution is -2.29. The summed E-state index contributed by atoms with van der Waals surface area (Å²) in [5, 5.41) is 22.9. The molecule has 0 radical (unpaired) electrons. The van der Waals surface area contributed by atoms with Gasteiger partial charge in [-0.25, -0.2) is 0 Å². The largest absolute Gasteiger partial charge is 0.367 e. The first-order chi connectivity index (χ1) is 12.8. The second-order valence-electron chi connectivity index (χ2n) is 5.45. The molecule has 2 N–H and O–H groups in total. The number of carbonyl (C=O) groups excluding carboxylic acids is 1. The third-order valence-corrected chi connectivity index (χ3v) is 4.37. The predicted octanol–water partition coefficient (Wildman–Crippen LogP) is 2.09. The van der Waals surface area contributed by atoms with E-state index in [2.05, 4.69) is 30.9 Å². The van der Waals surface area contributed by atoms with Crippen molar-refractivity contribution >= 4 is 28.7 Å². The van der Waals surface area contributed by atoms with Crippen molar-refractivity contribution < 1.29 is 4.79 Å². The normalized spacial score (nSPS) is 10.8. The van der Waals surface area contributed by atoms with Gasteiger partial charge in [0.1, 0.15) is 5.82 Å². The zero-order chi connectivity index (χ0) is 17.8. The summed E-state index contributed by atoms with van der Waals surface area (Å²) < 4.78 is 1.71. The smallest absolute Gasteiger partial charge is 0.252 e. The Balaban J connectivity index is 1.39. The van der Waals surface area contributed by atoms with Crippen molar-refractivity contribution in [2.75, 3.05) is 18.4 Å². The summed E-state index contributed by atoms with van der Waals surface area (Å²) >= 11 is 1.60. The summed E-state index contributed by atoms with van der Waals surface area (Å²) in [6.45, 7) is 1.01. The lowest BCUT2D eigenvalue weighted by atomic mass is 10.3. The minimum atomic E-state index is -0.151. The number of rotatable bonds is 6. The summed E-state index contributed by atoms with van der Waals surface area (Å²) in [7, 11) is 0. The van der Waals surface area contributed by atoms with E-state index in [0.717, 1.165) is 5.56 Å². The van der Waals surface area contributed by atoms with Crippen LogP contribution in [0.1, 0.15) is 10.4 Å². The Hall–Kier alpha value is -3.33. The van der Waals surface area contributed by atoms with Gasteiger partial charge in [0.25, 0.3) is 5.91 Å². The van der Waals surface area contributed by atoms with Crippen molar-refractivity contribution in [2.45, 2.75) is 0 Å². The average Bonchev–Trinajstić information content (AvgIpc) is 3.34. The number of nitrogens with zero attached hydrogens (tertiary/aromatic N) is 5. The van der Waals surface area contributed by atoms with Gasteiger partial charge in [0.15, 0.2) is 11.5 Å². The van der Waals surface area contributed by atoms with Crippen LogP contribution in [0.3, 0.4) is 0 Å². The molecule has 0 saturated heterocycles. The van der Waals surface area contributed by atoms with Gasteiger partial charge in [0, 0.05) is 36.4 Å². The fourth-order valence-electron chi connectivity index (χ4n) is 2.42. The Labute approximate surface area is 152 Å². The lowest BCUT2D eigenvalue weighted by molar-refractivity contribution is 0.0955. The summed E-state index contributed by atoms with van der Waals surface area (Å²) in [5.41, 5.74) is 2.20. The van der Waals surface area contributed by atoms with E-state index in [1.165, 1.54) is 6.20 Å². The zero-order valence-electron chi connectivity index (χ0n) is 13.7. The molecule has 0 aromatic carbocycles. The molecule has 0 unspecified atom stereocenters. The van der Waals surface area contributed by atoms with Crippen LogP contribution in [0, 0.1) is 0 Å². The summed E-state index contributed by atoms with van der Waals surface area (Å²) in [5.74, 6) is 1.24. The number of fused-ring (bicyclic) bond motifs is 1. The number of carbonyl (C=O) groups is 1. The molecule has 0 atom stereocenters. The third-order valence-electron chi connectivity index (χ3n) is 3.68. The molecule has 4 rings (SSSR count). The van der Waals surface area contributed by atoms with Gasteiger partial charge in [-0.1, -0.05) is 0 Å². The molecule has 0 aliphatic carbocycles. The summed E-state index contributed by atoms with van der Waals surface area (Å²) in [6.07, 6.45) is 3.17. The van der Waals surface area contributed by atoms with Crippen LogP contribution in [0.15, 0.2) is 53.5 Å². The monoisotopic (exact) mass is 365 g/mol. The minimum Gasteiger partial charge on any atom is -0.367 e. The van der Waals surface area contributed by atoms with Crippen LogP contribution >= 0.6 is 11.3 Å². The molecule has 1 amide bonds. The second kappa shape index (κ2) is 7.28. The molecule has 26 heavy (non-hydrogen) atoms. The Morgan fingerprint density at radius 2 is 2.12 bits per heavy atom. The van der Waals surface area contributed by atoms with Gasteiger partial charge in [-0.3, -0.25) is 9.78 Å². The number of aromatic nitrogens is 5. The molecule has 0 aliphatic heterocycles. The highest BCUT2D eigenvalue weighted by molar-refractivity contribution is 7.08. The highest BCUT2D eigenvalue weighted by atomic mass is 32.1. The van der Waals surface area contributed by atoms with Gasteiger partial charge in [-0.05, 0) is 35.7 Å². The fraction of sp³-hybridized carbons (Fsp3) is 0.118. The molecule has 0 fully saturated rings. The van der Waals surface area contributed by atoms with E-state index in [9.17, 15) is 4.79 Å². The highest BCUT2D eigenvalue weighted by Crippen LogP contribution is 2.20. The van der Waals surface area contributed by atoms with Crippen LogP contribution in [0.25, 0.3) is 17.0 Å². The number of thiophene rings is 1. The predicted molar refractivity (Wildman–Crippen MR) is 99.2 cm³/mol. The number of hydrogen-bond acceptors (Lipinski definition) is 7. The Morgan fingerprint density at radius 1 is 1.15 bits per heavy atom. The second-order valence-corrected chi connectivity index (χ2v) is 6.23. The van der Waals surface area contributed by atoms with Crippen LogP contribution in [0.5, 0.6) is 0 Å². The SMILES string of the molecule is O=C(NCCNc1ccc2nnc(-c3ccsc3)n2n1)c1cccnc1. The molecule has 0 spiro atoms. The van der Waals surface area contributed by atoms with Crippen molar-refractivity contribution in [3.05, 3.63) is 59.0 Å². The first kappa shape index (κ1) is 16.2. The van der Waals surface area contributed by atoms with Crippen LogP contribution in [-0.4, -0.2) is 43.8 Å². The lowest BCUT2D eigenvalue weighted by Gasteiger charge is -2.07. The topological polar surface area (TPSA) is 97.1 Å². The molecule has 130 valence electrons. The molecule has 0 saturated carbocycles. The van der Waals surface area contributed by atoms with E-state index in [1.807, 2.05) is 29.0 Å². The summed E-state index contributed by atoms with van der Waals surface area (Å²) in [4.78, 5) is 15.9. The summed E-state index contributed by atoms with van der Waals surface area (Å²) in [6, 6.07) is 9.13. The molecular formula is C17H15N7OS. The Morgan fingerprint density at radius 3 is 2.92 bits per heavy atom. The maximum atomic E-state index is 12.0. The van der Waals surface area contributed by atoms with E-state index < -0.39 is 0 Å². The Kier molecular flexibility index (Phi) is 4.52. The number of hydrogen-bond donors (Lipinski definition) is 2. The molecule has 0 bridgehead atoms. The molecule has 4 aromatic heterocycles. The van der Waals surface area contributed by atoms with Gasteiger partial charge in [-0.2, -0.15) is 15.9 Å². The zero-order valence-corrected chi connectivity index (χ0v) is 14.5. The number of pyridine rings is 1. The van der Waals surface area contributed by atoms with E-state index >= 15 is 0 Å². The van der Waals surface area contributed by atoms with Crippen LogP contribution in [-0.2, 0) is 0 Å². The third kappa shape index (κ3) is 3.38. The average molecular weight is 365 g/mol. The molecule has 0 aliphatic rings. The van der Waals surface area contributed by atoms with Crippen molar-refractivity contribution in [3.8, 4) is 11.4 Å². The van der Waals surface area contributed by atoms with E-state index in [0.29, 0.717) is 35.9 Å². The van der Waals surface area contributed by atoms with Gasteiger partial charge in [0.05, 0.1) is 5.56 Å². The van der Waals surface area contributed by atoms with Gasteiger partial charge in [-0.15, -0.1) is 15.3 Å². The number of nitrogens with one attached hydrogen (secondary N) is 2. The van der Waals surface area contributed by atoms with Crippen molar-refractivity contribution in [1.82, 2.24) is 30.1 Å². The van der Waals surface area contributed by atoms with E-state index in [1.54, 1.807) is 34.2 Å². The first-order valence-corrected chi connectivity index (χ1v) is 8.93. The number of anilines is 1. The fourth-order valence-corrected chi connectivity index (χ4v) is 3.05. The van der Waals surface area contributed by atoms with Gasteiger partial charge >= 0.3 is 0 Å². The molecule has 8 nitrogen and oxygen atoms in total. The van der Waals surface area contributed by atoms with Crippen LogP contribution < -0.4 is 10.6 Å². The molecule has 9 heteroatoms. The number of amides is 1. The Bertz CT molecular complexity index is 1010. The molecule has 4 heterocycles. The van der Waals surface area contributed by atoms with Crippen molar-refractivity contribution in [3.63, 3.8) is 0 Å². The molecular weight excluding hydrogens is 350 g/mol. The molecule has 4 aromatic rings. The first-order valence-electron chi connectivity index (χ1n) is 7.98. The standard InChI is InChI=1S/C17H15N7OS/c25-17(12-2-1-6-18-10-12)20-8-7-19-14-3-4-15-21-22-16(24(15)23-14)13-5-9-26-11-13/h1-6,9-11H,7-8H2,(H,19,23)(H,20,25). The van der Waals surface area contributed by atoms with E-state index in [4.69, 9.17) is 0 Å². The maximum Gasteiger partial charge on any atom is 0.252 e. The van der Waals surface area contributed by atoms with Crippen molar-refractivity contribution in [1.29, 1.82) is 0 Å². The van der Waals surface area contributed by atoms with Gasteiger partial charge in [0.2, 0.25) is 0 Å². The minimum absolute atomic E-state index is 0.151. The maximum absolute atomic E-state index is 12.0. The van der Waals surface area contributed by atoms with Crippen molar-refractivity contribution in [2.24, 2.45) is 0 Å². The van der Waals surface area contributed by atoms with Crippen LogP contribution in [0.4, 0.5) is 5.82 Å². The van der Waals surface area contributed by atoms with Crippen LogP contribution in [0.2, 0.25) is 0 Å².